The molecule has 4 aromatic rings. The van der Waals surface area contributed by atoms with Gasteiger partial charge in [0.05, 0.1) is 22.4 Å². The molecule has 0 radical (unpaired) electrons. The summed E-state index contributed by atoms with van der Waals surface area (Å²) in [5, 5.41) is 2.17. The van der Waals surface area contributed by atoms with Crippen LogP contribution in [0, 0.1) is 6.92 Å². The maximum atomic E-state index is 11.7. The number of para-hydroxylation sites is 2. The van der Waals surface area contributed by atoms with Crippen LogP contribution in [0.1, 0.15) is 72.9 Å². The maximum absolute atomic E-state index is 11.7. The topological polar surface area (TPSA) is 67.6 Å². The molecule has 1 aromatic heterocycles. The number of amidine groups is 1. The fraction of sp³-hybridized carbons (Fsp3) is 0.333. The van der Waals surface area contributed by atoms with Gasteiger partial charge in [-0.2, -0.15) is 0 Å². The molecule has 0 fully saturated rings. The van der Waals surface area contributed by atoms with Crippen molar-refractivity contribution < 1.29 is 9.59 Å². The fourth-order valence-electron chi connectivity index (χ4n) is 3.92. The maximum Gasteiger partial charge on any atom is 0.229 e. The Morgan fingerprint density at radius 2 is 1.31 bits per heavy atom. The number of nitrogens with zero attached hydrogens (tertiary/aromatic N) is 4. The molecule has 5 rings (SSSR count). The van der Waals surface area contributed by atoms with Crippen LogP contribution in [0.25, 0.3) is 21.8 Å². The molecule has 0 spiro atoms. The zero-order valence-corrected chi connectivity index (χ0v) is 23.4. The minimum atomic E-state index is -0.00625. The van der Waals surface area contributed by atoms with Gasteiger partial charge in [0, 0.05) is 19.2 Å². The normalized spacial score (nSPS) is 10.8. The van der Waals surface area contributed by atoms with E-state index in [4.69, 9.17) is 0 Å². The zero-order chi connectivity index (χ0) is 27.4. The van der Waals surface area contributed by atoms with E-state index in [0.29, 0.717) is 0 Å². The Hall–Kier alpha value is -3.80. The smallest absolute Gasteiger partial charge is 0.229 e. The van der Waals surface area contributed by atoms with Crippen LogP contribution in [0.2, 0.25) is 0 Å². The number of aliphatic imine (C=N–C) groups is 1. The molecule has 0 saturated carbocycles. The number of aryl methyl sites for hydroxylation is 1. The van der Waals surface area contributed by atoms with Gasteiger partial charge in [-0.15, -0.1) is 0 Å². The molecule has 36 heavy (non-hydrogen) atoms. The third kappa shape index (κ3) is 6.45. The minimum Gasteiger partial charge on any atom is -0.274 e. The van der Waals surface area contributed by atoms with E-state index in [1.165, 1.54) is 0 Å². The first kappa shape index (κ1) is 30.2. The lowest BCUT2D eigenvalue weighted by atomic mass is 10.0. The number of hydrogen-bond acceptors (Lipinski definition) is 4. The number of anilines is 1. The molecule has 0 N–H and O–H groups in total. The molecule has 6 nitrogen and oxygen atoms in total. The second-order valence-electron chi connectivity index (χ2n) is 7.17. The predicted molar refractivity (Wildman–Crippen MR) is 155 cm³/mol. The third-order valence-corrected chi connectivity index (χ3v) is 5.07. The monoisotopic (exact) mass is 488 g/mol. The minimum absolute atomic E-state index is 0.00574. The van der Waals surface area contributed by atoms with Crippen LogP contribution >= 0.6 is 0 Å². The molecule has 1 aliphatic rings. The Morgan fingerprint density at radius 3 is 1.89 bits per heavy atom. The van der Waals surface area contributed by atoms with E-state index >= 15 is 0 Å². The number of imidazole rings is 1. The summed E-state index contributed by atoms with van der Waals surface area (Å²) in [6.45, 7) is 18.8. The molecule has 6 heteroatoms. The van der Waals surface area contributed by atoms with Crippen molar-refractivity contribution in [3.8, 4) is 0 Å². The molecule has 0 saturated heterocycles. The van der Waals surface area contributed by atoms with Gasteiger partial charge < -0.3 is 0 Å². The second kappa shape index (κ2) is 14.6. The van der Waals surface area contributed by atoms with Crippen molar-refractivity contribution in [1.29, 1.82) is 0 Å². The third-order valence-electron chi connectivity index (χ3n) is 5.07. The van der Waals surface area contributed by atoms with Crippen molar-refractivity contribution in [2.45, 2.75) is 69.2 Å². The highest BCUT2D eigenvalue weighted by Crippen LogP contribution is 2.38. The standard InChI is InChI=1S/C14H12N2O.C10H10N2O.3C2H6/c1-9-15-12-7-3-5-11-6-4-8-13(14(11)12)16(9)10(2)17;1-7-11-9-5-3-4-6-10(9)12(7)8(2)13;3*1-2/h3-8H,1-2H3;3-6H,1-2H3;3*1-2H3. The van der Waals surface area contributed by atoms with Crippen LogP contribution in [0.5, 0.6) is 0 Å². The van der Waals surface area contributed by atoms with Gasteiger partial charge in [0.2, 0.25) is 11.8 Å². The lowest BCUT2D eigenvalue weighted by Gasteiger charge is -2.26. The Kier molecular flexibility index (Phi) is 12.2. The van der Waals surface area contributed by atoms with Gasteiger partial charge in [-0.05, 0) is 43.5 Å². The van der Waals surface area contributed by atoms with E-state index < -0.39 is 0 Å². The second-order valence-corrected chi connectivity index (χ2v) is 7.17. The first-order chi connectivity index (χ1) is 17.4. The van der Waals surface area contributed by atoms with E-state index in [1.54, 1.807) is 23.3 Å². The lowest BCUT2D eigenvalue weighted by molar-refractivity contribution is -0.115. The molecular weight excluding hydrogens is 448 g/mol. The van der Waals surface area contributed by atoms with Crippen molar-refractivity contribution in [3.63, 3.8) is 0 Å². The van der Waals surface area contributed by atoms with Crippen LogP contribution in [-0.4, -0.2) is 27.2 Å². The lowest BCUT2D eigenvalue weighted by Crippen LogP contribution is -2.34. The van der Waals surface area contributed by atoms with Gasteiger partial charge in [0.1, 0.15) is 11.7 Å². The Balaban J connectivity index is 0.000000305. The zero-order valence-electron chi connectivity index (χ0n) is 23.4. The van der Waals surface area contributed by atoms with Gasteiger partial charge in [-0.1, -0.05) is 77.9 Å². The summed E-state index contributed by atoms with van der Waals surface area (Å²) in [6, 6.07) is 19.6. The number of benzene rings is 3. The molecule has 3 aromatic carbocycles. The summed E-state index contributed by atoms with van der Waals surface area (Å²) in [7, 11) is 0. The number of carbonyl (C=O) groups is 2. The molecule has 1 amide bonds. The van der Waals surface area contributed by atoms with Gasteiger partial charge in [0.25, 0.3) is 0 Å². The van der Waals surface area contributed by atoms with Gasteiger partial charge in [0.15, 0.2) is 0 Å². The Bertz CT molecular complexity index is 1330. The number of carbonyl (C=O) groups excluding carboxylic acids is 2. The number of hydrogen-bond donors (Lipinski definition) is 0. The van der Waals surface area contributed by atoms with Gasteiger partial charge in [-0.3, -0.25) is 19.1 Å². The molecule has 0 unspecified atom stereocenters. The highest BCUT2D eigenvalue weighted by molar-refractivity contribution is 6.24. The molecule has 192 valence electrons. The van der Waals surface area contributed by atoms with E-state index in [1.807, 2.05) is 116 Å². The summed E-state index contributed by atoms with van der Waals surface area (Å²) >= 11 is 0. The Morgan fingerprint density at radius 1 is 0.722 bits per heavy atom. The first-order valence-corrected chi connectivity index (χ1v) is 12.7. The average molecular weight is 489 g/mol. The van der Waals surface area contributed by atoms with Gasteiger partial charge in [-0.25, -0.2) is 9.98 Å². The van der Waals surface area contributed by atoms with Crippen LogP contribution in [0.15, 0.2) is 65.7 Å². The number of amides is 1. The van der Waals surface area contributed by atoms with E-state index in [0.717, 1.165) is 44.8 Å². The van der Waals surface area contributed by atoms with Crippen LogP contribution in [0.4, 0.5) is 11.4 Å². The van der Waals surface area contributed by atoms with E-state index in [9.17, 15) is 9.59 Å². The molecule has 2 heterocycles. The number of aromatic nitrogens is 2. The summed E-state index contributed by atoms with van der Waals surface area (Å²) < 4.78 is 1.62. The molecule has 0 atom stereocenters. The van der Waals surface area contributed by atoms with Crippen molar-refractivity contribution >= 4 is 50.8 Å². The molecule has 0 bridgehead atoms. The number of fused-ring (bicyclic) bond motifs is 1. The highest BCUT2D eigenvalue weighted by Gasteiger charge is 2.22. The van der Waals surface area contributed by atoms with Crippen LogP contribution < -0.4 is 4.90 Å². The first-order valence-electron chi connectivity index (χ1n) is 12.7. The number of rotatable bonds is 0. The van der Waals surface area contributed by atoms with E-state index in [2.05, 4.69) is 9.98 Å². The van der Waals surface area contributed by atoms with Crippen molar-refractivity contribution in [3.05, 3.63) is 66.5 Å². The largest absolute Gasteiger partial charge is 0.274 e. The summed E-state index contributed by atoms with van der Waals surface area (Å²) in [6.07, 6.45) is 0. The highest BCUT2D eigenvalue weighted by atomic mass is 16.2. The fourth-order valence-corrected chi connectivity index (χ4v) is 3.92. The predicted octanol–water partition coefficient (Wildman–Crippen LogP) is 8.34. The molecular formula is C30H40N4O2. The Labute approximate surface area is 215 Å². The van der Waals surface area contributed by atoms with E-state index in [-0.39, 0.29) is 11.8 Å². The SMILES string of the molecule is CC.CC.CC.CC(=O)N1C(C)=Nc2cccc3cccc1c23.CC(=O)n1c(C)nc2ccccc21. The summed E-state index contributed by atoms with van der Waals surface area (Å²) in [5.74, 6) is 1.47. The quantitative estimate of drug-likeness (QED) is 0.250. The van der Waals surface area contributed by atoms with Crippen molar-refractivity contribution in [2.75, 3.05) is 4.90 Å². The van der Waals surface area contributed by atoms with Crippen LogP contribution in [0.3, 0.4) is 0 Å². The average Bonchev–Trinajstić information content (AvgIpc) is 3.24. The summed E-state index contributed by atoms with van der Waals surface area (Å²) in [4.78, 5) is 33.4. The van der Waals surface area contributed by atoms with Crippen molar-refractivity contribution in [2.24, 2.45) is 4.99 Å². The molecule has 1 aliphatic heterocycles. The summed E-state index contributed by atoms with van der Waals surface area (Å²) in [5.41, 5.74) is 3.62. The van der Waals surface area contributed by atoms with Crippen LogP contribution in [-0.2, 0) is 4.79 Å². The molecule has 0 aliphatic carbocycles. The van der Waals surface area contributed by atoms with Gasteiger partial charge >= 0.3 is 0 Å². The van der Waals surface area contributed by atoms with Crippen molar-refractivity contribution in [1.82, 2.24) is 9.55 Å².